The molecule has 1 fully saturated rings. The summed E-state index contributed by atoms with van der Waals surface area (Å²) >= 11 is 0. The van der Waals surface area contributed by atoms with Crippen molar-refractivity contribution in [3.05, 3.63) is 54.2 Å². The molecule has 3 heterocycles. The highest BCUT2D eigenvalue weighted by Gasteiger charge is 2.30. The molecule has 0 saturated carbocycles. The first-order valence-electron chi connectivity index (χ1n) is 7.62. The van der Waals surface area contributed by atoms with Crippen molar-refractivity contribution in [2.45, 2.75) is 25.6 Å². The van der Waals surface area contributed by atoms with Gasteiger partial charge in [-0.1, -0.05) is 6.07 Å². The average Bonchev–Trinajstić information content (AvgIpc) is 3.14. The lowest BCUT2D eigenvalue weighted by molar-refractivity contribution is -0.130. The number of amides is 1. The summed E-state index contributed by atoms with van der Waals surface area (Å²) in [4.78, 5) is 30.1. The van der Waals surface area contributed by atoms with E-state index in [9.17, 15) is 9.59 Å². The molecule has 2 aromatic rings. The summed E-state index contributed by atoms with van der Waals surface area (Å²) in [7, 11) is 0. The lowest BCUT2D eigenvalue weighted by Crippen LogP contribution is -2.46. The number of hydrogen-bond donors (Lipinski definition) is 0. The van der Waals surface area contributed by atoms with Crippen LogP contribution in [-0.4, -0.2) is 40.8 Å². The van der Waals surface area contributed by atoms with E-state index >= 15 is 0 Å². The molecule has 6 nitrogen and oxygen atoms in total. The summed E-state index contributed by atoms with van der Waals surface area (Å²) in [6.45, 7) is 1.38. The molecule has 23 heavy (non-hydrogen) atoms. The Morgan fingerprint density at radius 2 is 2.22 bits per heavy atom. The second-order valence-electron chi connectivity index (χ2n) is 5.45. The number of aromatic nitrogens is 1. The minimum Gasteiger partial charge on any atom is -0.461 e. The number of carbonyl (C=O) groups is 2. The highest BCUT2D eigenvalue weighted by molar-refractivity contribution is 6.41. The number of nitrogens with zero attached hydrogens (tertiary/aromatic N) is 2. The normalized spacial score (nSPS) is 17.9. The van der Waals surface area contributed by atoms with Crippen molar-refractivity contribution in [1.82, 2.24) is 9.88 Å². The average molecular weight is 314 g/mol. The van der Waals surface area contributed by atoms with E-state index in [-0.39, 0.29) is 11.9 Å². The number of pyridine rings is 1. The molecule has 1 atom stereocenters. The molecular weight excluding hydrogens is 296 g/mol. The molecule has 1 aliphatic heterocycles. The van der Waals surface area contributed by atoms with Gasteiger partial charge in [-0.3, -0.25) is 14.6 Å². The SMILES string of the molecule is O=C(C(=O)N1CCCC(OCc2ccccn2)C1)c1ccco1. The van der Waals surface area contributed by atoms with E-state index in [0.717, 1.165) is 18.5 Å². The molecule has 6 heteroatoms. The topological polar surface area (TPSA) is 72.6 Å². The molecule has 1 unspecified atom stereocenters. The van der Waals surface area contributed by atoms with Gasteiger partial charge in [-0.05, 0) is 37.1 Å². The van der Waals surface area contributed by atoms with Gasteiger partial charge in [0.15, 0.2) is 5.76 Å². The van der Waals surface area contributed by atoms with Crippen molar-refractivity contribution in [2.24, 2.45) is 0 Å². The molecule has 0 spiro atoms. The van der Waals surface area contributed by atoms with Gasteiger partial charge in [-0.15, -0.1) is 0 Å². The van der Waals surface area contributed by atoms with Gasteiger partial charge in [0.2, 0.25) is 0 Å². The Balaban J connectivity index is 1.55. The van der Waals surface area contributed by atoms with Crippen LogP contribution in [0.1, 0.15) is 29.1 Å². The number of ketones is 1. The van der Waals surface area contributed by atoms with Crippen LogP contribution in [0.4, 0.5) is 0 Å². The van der Waals surface area contributed by atoms with E-state index in [0.29, 0.717) is 19.7 Å². The number of likely N-dealkylation sites (tertiary alicyclic amines) is 1. The quantitative estimate of drug-likeness (QED) is 0.624. The molecule has 0 N–H and O–H groups in total. The lowest BCUT2D eigenvalue weighted by atomic mass is 10.1. The van der Waals surface area contributed by atoms with Crippen LogP contribution in [0, 0.1) is 0 Å². The van der Waals surface area contributed by atoms with Gasteiger partial charge in [-0.25, -0.2) is 0 Å². The molecule has 1 aliphatic rings. The van der Waals surface area contributed by atoms with Crippen LogP contribution in [0.3, 0.4) is 0 Å². The molecule has 1 saturated heterocycles. The van der Waals surface area contributed by atoms with Crippen LogP contribution >= 0.6 is 0 Å². The maximum absolute atomic E-state index is 12.3. The summed E-state index contributed by atoms with van der Waals surface area (Å²) in [6, 6.07) is 8.75. The number of ether oxygens (including phenoxy) is 1. The zero-order chi connectivity index (χ0) is 16.1. The van der Waals surface area contributed by atoms with Gasteiger partial charge < -0.3 is 14.1 Å². The minimum atomic E-state index is -0.611. The fourth-order valence-electron chi connectivity index (χ4n) is 2.60. The second kappa shape index (κ2) is 7.19. The van der Waals surface area contributed by atoms with E-state index in [1.807, 2.05) is 18.2 Å². The number of hydrogen-bond acceptors (Lipinski definition) is 5. The van der Waals surface area contributed by atoms with Crippen LogP contribution in [0.5, 0.6) is 0 Å². The predicted molar refractivity (Wildman–Crippen MR) is 81.7 cm³/mol. The molecule has 120 valence electrons. The van der Waals surface area contributed by atoms with Gasteiger partial charge in [0.05, 0.1) is 24.7 Å². The Bertz CT molecular complexity index is 654. The second-order valence-corrected chi connectivity index (χ2v) is 5.45. The number of furan rings is 1. The highest BCUT2D eigenvalue weighted by atomic mass is 16.5. The van der Waals surface area contributed by atoms with E-state index in [1.54, 1.807) is 12.3 Å². The van der Waals surface area contributed by atoms with Gasteiger partial charge in [0.1, 0.15) is 0 Å². The van der Waals surface area contributed by atoms with Crippen LogP contribution in [0.15, 0.2) is 47.2 Å². The molecule has 0 aliphatic carbocycles. The lowest BCUT2D eigenvalue weighted by Gasteiger charge is -2.32. The highest BCUT2D eigenvalue weighted by Crippen LogP contribution is 2.16. The monoisotopic (exact) mass is 314 g/mol. The van der Waals surface area contributed by atoms with Crippen molar-refractivity contribution in [3.63, 3.8) is 0 Å². The molecule has 3 rings (SSSR count). The molecule has 0 bridgehead atoms. The minimum absolute atomic E-state index is 0.0755. The third-order valence-corrected chi connectivity index (χ3v) is 3.80. The zero-order valence-corrected chi connectivity index (χ0v) is 12.7. The third kappa shape index (κ3) is 3.84. The molecular formula is C17H18N2O4. The molecule has 1 amide bonds. The zero-order valence-electron chi connectivity index (χ0n) is 12.7. The summed E-state index contributed by atoms with van der Waals surface area (Å²) in [6.07, 6.45) is 4.70. The number of piperidine rings is 1. The Labute approximate surface area is 134 Å². The maximum Gasteiger partial charge on any atom is 0.298 e. The van der Waals surface area contributed by atoms with Crippen LogP contribution in [-0.2, 0) is 16.1 Å². The number of Topliss-reactive ketones (excluding diaryl/α,β-unsaturated/α-hetero) is 1. The largest absolute Gasteiger partial charge is 0.461 e. The van der Waals surface area contributed by atoms with Gasteiger partial charge >= 0.3 is 0 Å². The summed E-state index contributed by atoms with van der Waals surface area (Å²) in [5, 5.41) is 0. The van der Waals surface area contributed by atoms with Gasteiger partial charge in [-0.2, -0.15) is 0 Å². The third-order valence-electron chi connectivity index (χ3n) is 3.80. The Morgan fingerprint density at radius 3 is 2.96 bits per heavy atom. The number of rotatable bonds is 5. The van der Waals surface area contributed by atoms with Crippen molar-refractivity contribution >= 4 is 11.7 Å². The van der Waals surface area contributed by atoms with Crippen LogP contribution < -0.4 is 0 Å². The van der Waals surface area contributed by atoms with E-state index in [1.165, 1.54) is 17.2 Å². The Kier molecular flexibility index (Phi) is 4.83. The van der Waals surface area contributed by atoms with Crippen molar-refractivity contribution in [3.8, 4) is 0 Å². The first-order chi connectivity index (χ1) is 11.2. The van der Waals surface area contributed by atoms with E-state index < -0.39 is 11.7 Å². The standard InChI is InChI=1S/C17H18N2O4/c20-16(15-7-4-10-22-15)17(21)19-9-3-6-14(11-19)23-12-13-5-1-2-8-18-13/h1-2,4-5,7-8,10,14H,3,6,9,11-12H2. The van der Waals surface area contributed by atoms with Crippen LogP contribution in [0.2, 0.25) is 0 Å². The van der Waals surface area contributed by atoms with Gasteiger partial charge in [0, 0.05) is 19.3 Å². The first-order valence-corrected chi connectivity index (χ1v) is 7.62. The van der Waals surface area contributed by atoms with Crippen LogP contribution in [0.25, 0.3) is 0 Å². The molecule has 2 aromatic heterocycles. The van der Waals surface area contributed by atoms with Crippen molar-refractivity contribution < 1.29 is 18.7 Å². The molecule has 0 aromatic carbocycles. The number of carbonyl (C=O) groups excluding carboxylic acids is 2. The molecule has 0 radical (unpaired) electrons. The maximum atomic E-state index is 12.3. The first kappa shape index (κ1) is 15.4. The summed E-state index contributed by atoms with van der Waals surface area (Å²) < 4.78 is 10.8. The fraction of sp³-hybridized carbons (Fsp3) is 0.353. The van der Waals surface area contributed by atoms with E-state index in [2.05, 4.69) is 4.98 Å². The smallest absolute Gasteiger partial charge is 0.298 e. The van der Waals surface area contributed by atoms with Crippen molar-refractivity contribution in [1.29, 1.82) is 0 Å². The predicted octanol–water partition coefficient (Wildman–Crippen LogP) is 2.07. The summed E-state index contributed by atoms with van der Waals surface area (Å²) in [5.74, 6) is -1.07. The van der Waals surface area contributed by atoms with Gasteiger partial charge in [0.25, 0.3) is 11.7 Å². The van der Waals surface area contributed by atoms with Crippen molar-refractivity contribution in [2.75, 3.05) is 13.1 Å². The Morgan fingerprint density at radius 1 is 1.30 bits per heavy atom. The Hall–Kier alpha value is -2.47. The summed E-state index contributed by atoms with van der Waals surface area (Å²) in [5.41, 5.74) is 0.850. The fourth-order valence-corrected chi connectivity index (χ4v) is 2.60. The van der Waals surface area contributed by atoms with E-state index in [4.69, 9.17) is 9.15 Å².